The van der Waals surface area contributed by atoms with Gasteiger partial charge in [-0.2, -0.15) is 0 Å². The number of hydrogen-bond acceptors (Lipinski definition) is 4. The third kappa shape index (κ3) is 1.81. The molecule has 1 amide bonds. The number of anilines is 1. The molecule has 0 saturated carbocycles. The molecule has 6 nitrogen and oxygen atoms in total. The quantitative estimate of drug-likeness (QED) is 0.745. The molecule has 109 valence electrons. The Hall–Kier alpha value is -3.02. The van der Waals surface area contributed by atoms with Crippen molar-refractivity contribution in [2.45, 2.75) is 6.10 Å². The summed E-state index contributed by atoms with van der Waals surface area (Å²) in [5.74, 6) is -0.135. The predicted molar refractivity (Wildman–Crippen MR) is 78.7 cm³/mol. The topological polar surface area (TPSA) is 73.5 Å². The number of carbonyl (C=O) groups is 1. The van der Waals surface area contributed by atoms with Gasteiger partial charge in [-0.25, -0.2) is 4.79 Å². The third-order valence-electron chi connectivity index (χ3n) is 3.68. The minimum absolute atomic E-state index is 0.273. The van der Waals surface area contributed by atoms with Crippen LogP contribution in [-0.2, 0) is 11.8 Å². The van der Waals surface area contributed by atoms with Crippen LogP contribution in [0.1, 0.15) is 11.7 Å². The van der Waals surface area contributed by atoms with E-state index < -0.39 is 11.9 Å². The van der Waals surface area contributed by atoms with Gasteiger partial charge in [-0.1, -0.05) is 12.1 Å². The fourth-order valence-electron chi connectivity index (χ4n) is 2.53. The molecule has 2 aromatic carbocycles. The van der Waals surface area contributed by atoms with Crippen LogP contribution in [0.5, 0.6) is 5.75 Å². The number of benzene rings is 2. The molecule has 6 heteroatoms. The Bertz CT molecular complexity index is 954. The first-order valence-corrected chi connectivity index (χ1v) is 6.70. The Kier molecular flexibility index (Phi) is 2.59. The molecule has 0 spiro atoms. The van der Waals surface area contributed by atoms with Crippen molar-refractivity contribution >= 4 is 22.7 Å². The maximum atomic E-state index is 12.2. The Morgan fingerprint density at radius 2 is 2.14 bits per heavy atom. The number of nitrogens with one attached hydrogen (secondary N) is 1. The van der Waals surface area contributed by atoms with Gasteiger partial charge in [-0.3, -0.25) is 9.36 Å². The third-order valence-corrected chi connectivity index (χ3v) is 3.68. The molecule has 2 heterocycles. The summed E-state index contributed by atoms with van der Waals surface area (Å²) < 4.78 is 12.3. The van der Waals surface area contributed by atoms with Crippen LogP contribution < -0.4 is 15.8 Å². The molecule has 1 N–H and O–H groups in total. The van der Waals surface area contributed by atoms with Crippen LogP contribution >= 0.6 is 0 Å². The Labute approximate surface area is 124 Å². The molecule has 1 aromatic heterocycles. The molecular weight excluding hydrogens is 284 g/mol. The molecule has 4 rings (SSSR count). The van der Waals surface area contributed by atoms with Gasteiger partial charge in [0.2, 0.25) is 6.10 Å². The van der Waals surface area contributed by atoms with E-state index in [1.54, 1.807) is 43.4 Å². The minimum Gasteiger partial charge on any atom is -0.474 e. The van der Waals surface area contributed by atoms with Crippen LogP contribution in [0.4, 0.5) is 5.69 Å². The molecule has 1 unspecified atom stereocenters. The number of nitrogens with zero attached hydrogens (tertiary/aromatic N) is 1. The molecule has 1 aliphatic rings. The molecule has 0 bridgehead atoms. The van der Waals surface area contributed by atoms with Crippen LogP contribution in [-0.4, -0.2) is 10.5 Å². The average molecular weight is 295 g/mol. The summed E-state index contributed by atoms with van der Waals surface area (Å²) in [5.41, 5.74) is 2.31. The zero-order valence-electron chi connectivity index (χ0n) is 11.6. The van der Waals surface area contributed by atoms with Gasteiger partial charge < -0.3 is 14.5 Å². The van der Waals surface area contributed by atoms with Gasteiger partial charge >= 0.3 is 5.76 Å². The van der Waals surface area contributed by atoms with E-state index in [9.17, 15) is 9.59 Å². The standard InChI is InChI=1S/C16H11N2O4/c1-18-11-7-6-9(8-13(11)22-16(18)20)14-15(19)17-10-4-2-3-5-12(10)21-14/h3-8,14H,1H3,(H,17,19). The molecule has 1 radical (unpaired) electrons. The number of rotatable bonds is 1. The lowest BCUT2D eigenvalue weighted by molar-refractivity contribution is -0.123. The first-order chi connectivity index (χ1) is 10.6. The van der Waals surface area contributed by atoms with E-state index in [4.69, 9.17) is 9.15 Å². The van der Waals surface area contributed by atoms with E-state index in [0.29, 0.717) is 28.1 Å². The lowest BCUT2D eigenvalue weighted by Gasteiger charge is -2.25. The van der Waals surface area contributed by atoms with E-state index in [0.717, 1.165) is 0 Å². The van der Waals surface area contributed by atoms with Crippen molar-refractivity contribution in [3.63, 3.8) is 0 Å². The van der Waals surface area contributed by atoms with Gasteiger partial charge in [0, 0.05) is 12.6 Å². The number of fused-ring (bicyclic) bond motifs is 2. The number of ether oxygens (including phenoxy) is 1. The van der Waals surface area contributed by atoms with Crippen LogP contribution in [0.2, 0.25) is 0 Å². The highest BCUT2D eigenvalue weighted by atomic mass is 16.5. The Balaban J connectivity index is 1.79. The van der Waals surface area contributed by atoms with Gasteiger partial charge in [0.15, 0.2) is 5.58 Å². The summed E-state index contributed by atoms with van der Waals surface area (Å²) in [6, 6.07) is 13.1. The minimum atomic E-state index is -0.787. The zero-order chi connectivity index (χ0) is 15.3. The van der Waals surface area contributed by atoms with Gasteiger partial charge in [0.25, 0.3) is 5.91 Å². The first-order valence-electron chi connectivity index (χ1n) is 6.70. The van der Waals surface area contributed by atoms with Crippen molar-refractivity contribution in [1.29, 1.82) is 0 Å². The highest BCUT2D eigenvalue weighted by Crippen LogP contribution is 2.35. The Morgan fingerprint density at radius 1 is 1.27 bits per heavy atom. The molecule has 0 saturated heterocycles. The highest BCUT2D eigenvalue weighted by molar-refractivity contribution is 5.98. The number of aromatic nitrogens is 1. The number of amides is 1. The van der Waals surface area contributed by atoms with E-state index in [1.807, 2.05) is 0 Å². The van der Waals surface area contributed by atoms with Gasteiger partial charge in [-0.05, 0) is 30.3 Å². The number of hydrogen-bond donors (Lipinski definition) is 1. The molecule has 1 aliphatic heterocycles. The second-order valence-corrected chi connectivity index (χ2v) is 5.06. The van der Waals surface area contributed by atoms with Crippen molar-refractivity contribution < 1.29 is 13.9 Å². The summed E-state index contributed by atoms with van der Waals surface area (Å²) in [7, 11) is 1.63. The van der Waals surface area contributed by atoms with Crippen LogP contribution in [0.25, 0.3) is 11.1 Å². The smallest absolute Gasteiger partial charge is 0.419 e. The SMILES string of the molecule is Cn1c(=O)oc2cc(C3Oc4cc[c]cc4NC3=O)ccc21. The maximum Gasteiger partial charge on any atom is 0.419 e. The van der Waals surface area contributed by atoms with Crippen LogP contribution in [0, 0.1) is 6.07 Å². The molecule has 22 heavy (non-hydrogen) atoms. The summed E-state index contributed by atoms with van der Waals surface area (Å²) in [6.45, 7) is 0. The molecule has 0 aliphatic carbocycles. The second kappa shape index (κ2) is 4.49. The lowest BCUT2D eigenvalue weighted by atomic mass is 10.1. The average Bonchev–Trinajstić information content (AvgIpc) is 2.81. The van der Waals surface area contributed by atoms with Crippen molar-refractivity contribution in [2.24, 2.45) is 7.05 Å². The van der Waals surface area contributed by atoms with Crippen LogP contribution in [0.15, 0.2) is 45.6 Å². The molecule has 1 atom stereocenters. The van der Waals surface area contributed by atoms with E-state index in [2.05, 4.69) is 11.4 Å². The van der Waals surface area contributed by atoms with Gasteiger partial charge in [-0.15, -0.1) is 0 Å². The second-order valence-electron chi connectivity index (χ2n) is 5.06. The van der Waals surface area contributed by atoms with E-state index in [1.165, 1.54) is 4.57 Å². The van der Waals surface area contributed by atoms with Gasteiger partial charge in [0.1, 0.15) is 5.75 Å². The molecule has 3 aromatic rings. The van der Waals surface area contributed by atoms with Crippen molar-refractivity contribution in [2.75, 3.05) is 5.32 Å². The fraction of sp³-hybridized carbons (Fsp3) is 0.125. The van der Waals surface area contributed by atoms with Gasteiger partial charge in [0.05, 0.1) is 11.2 Å². The highest BCUT2D eigenvalue weighted by Gasteiger charge is 2.29. The number of aryl methyl sites for hydroxylation is 1. The maximum absolute atomic E-state index is 12.2. The molecular formula is C16H11N2O4. The van der Waals surface area contributed by atoms with Crippen molar-refractivity contribution in [1.82, 2.24) is 4.57 Å². The number of carbonyl (C=O) groups excluding carboxylic acids is 1. The molecule has 0 fully saturated rings. The van der Waals surface area contributed by atoms with E-state index in [-0.39, 0.29) is 5.91 Å². The summed E-state index contributed by atoms with van der Waals surface area (Å²) >= 11 is 0. The predicted octanol–water partition coefficient (Wildman–Crippen LogP) is 2.00. The van der Waals surface area contributed by atoms with Crippen LogP contribution in [0.3, 0.4) is 0 Å². The van der Waals surface area contributed by atoms with E-state index >= 15 is 0 Å². The largest absolute Gasteiger partial charge is 0.474 e. The summed E-state index contributed by atoms with van der Waals surface area (Å²) in [5, 5.41) is 2.78. The normalized spacial score (nSPS) is 17.0. The summed E-state index contributed by atoms with van der Waals surface area (Å²) in [4.78, 5) is 23.8. The van der Waals surface area contributed by atoms with Crippen molar-refractivity contribution in [3.05, 3.63) is 58.6 Å². The first kappa shape index (κ1) is 12.7. The van der Waals surface area contributed by atoms with Crippen molar-refractivity contribution in [3.8, 4) is 5.75 Å². The fourth-order valence-corrected chi connectivity index (χ4v) is 2.53. The lowest BCUT2D eigenvalue weighted by Crippen LogP contribution is -2.30. The zero-order valence-corrected chi connectivity index (χ0v) is 11.6. The summed E-state index contributed by atoms with van der Waals surface area (Å²) in [6.07, 6.45) is -0.787. The number of oxazole rings is 1. The monoisotopic (exact) mass is 295 g/mol. The Morgan fingerprint density at radius 3 is 3.00 bits per heavy atom.